The minimum absolute atomic E-state index is 0.0643. The van der Waals surface area contributed by atoms with Crippen molar-refractivity contribution < 1.29 is 18.7 Å². The molecule has 0 bridgehead atoms. The molecule has 0 spiro atoms. The van der Waals surface area contributed by atoms with Gasteiger partial charge in [-0.15, -0.1) is 0 Å². The lowest BCUT2D eigenvalue weighted by Crippen LogP contribution is -2.50. The highest BCUT2D eigenvalue weighted by Crippen LogP contribution is 2.29. The molecule has 1 aliphatic heterocycles. The summed E-state index contributed by atoms with van der Waals surface area (Å²) >= 11 is 0. The fraction of sp³-hybridized carbons (Fsp3) is 0.385. The monoisotopic (exact) mass is 264 g/mol. The van der Waals surface area contributed by atoms with E-state index >= 15 is 0 Å². The number of carbonyl (C=O) groups is 1. The van der Waals surface area contributed by atoms with E-state index in [1.807, 2.05) is 6.07 Å². The average Bonchev–Trinajstić information content (AvgIpc) is 2.32. The molecule has 2 rings (SSSR count). The molecule has 0 aliphatic carbocycles. The first-order valence-electron chi connectivity index (χ1n) is 5.84. The Kier molecular flexibility index (Phi) is 3.67. The molecule has 100 valence electrons. The van der Waals surface area contributed by atoms with E-state index in [0.29, 0.717) is 6.61 Å². The predicted molar refractivity (Wildman–Crippen MR) is 65.1 cm³/mol. The first-order valence-corrected chi connectivity index (χ1v) is 5.84. The molecular weight excluding hydrogens is 251 g/mol. The van der Waals surface area contributed by atoms with Crippen molar-refractivity contribution in [3.05, 3.63) is 24.0 Å². The van der Waals surface area contributed by atoms with Gasteiger partial charge < -0.3 is 14.8 Å². The quantitative estimate of drug-likeness (QED) is 0.898. The molecule has 1 aliphatic rings. The minimum Gasteiger partial charge on any atom is -0.491 e. The standard InChI is InChI=1S/C13H13FN2O3/c1-2-19-11-4-3-9(5-10(11)14)16-12(17)13(6-15)7-18-8-13/h3-5H,2,7-8H2,1H3,(H,16,17). The van der Waals surface area contributed by atoms with Crippen molar-refractivity contribution in [2.75, 3.05) is 25.1 Å². The molecule has 5 nitrogen and oxygen atoms in total. The summed E-state index contributed by atoms with van der Waals surface area (Å²) in [5, 5.41) is 11.5. The van der Waals surface area contributed by atoms with Gasteiger partial charge in [0, 0.05) is 11.8 Å². The summed E-state index contributed by atoms with van der Waals surface area (Å²) < 4.78 is 23.5. The Bertz CT molecular complexity index is 535. The summed E-state index contributed by atoms with van der Waals surface area (Å²) in [6.07, 6.45) is 0. The van der Waals surface area contributed by atoms with E-state index in [1.165, 1.54) is 12.1 Å². The number of benzene rings is 1. The molecule has 1 saturated heterocycles. The van der Waals surface area contributed by atoms with Gasteiger partial charge in [0.15, 0.2) is 17.0 Å². The number of hydrogen-bond acceptors (Lipinski definition) is 4. The highest BCUT2D eigenvalue weighted by atomic mass is 19.1. The van der Waals surface area contributed by atoms with Crippen molar-refractivity contribution in [3.63, 3.8) is 0 Å². The van der Waals surface area contributed by atoms with Crippen LogP contribution in [0.15, 0.2) is 18.2 Å². The summed E-state index contributed by atoms with van der Waals surface area (Å²) in [5.41, 5.74) is -0.873. The number of nitrogens with one attached hydrogen (secondary N) is 1. The lowest BCUT2D eigenvalue weighted by molar-refractivity contribution is -0.144. The van der Waals surface area contributed by atoms with Gasteiger partial charge >= 0.3 is 0 Å². The normalized spacial score (nSPS) is 16.1. The van der Waals surface area contributed by atoms with Crippen molar-refractivity contribution in [2.45, 2.75) is 6.92 Å². The molecule has 0 aromatic heterocycles. The van der Waals surface area contributed by atoms with E-state index in [1.54, 1.807) is 6.92 Å². The Morgan fingerprint density at radius 2 is 2.37 bits per heavy atom. The van der Waals surface area contributed by atoms with E-state index in [0.717, 1.165) is 6.07 Å². The number of anilines is 1. The summed E-state index contributed by atoms with van der Waals surface area (Å²) in [6.45, 7) is 2.24. The van der Waals surface area contributed by atoms with E-state index in [2.05, 4.69) is 5.32 Å². The van der Waals surface area contributed by atoms with E-state index in [-0.39, 0.29) is 24.7 Å². The molecule has 6 heteroatoms. The largest absolute Gasteiger partial charge is 0.491 e. The van der Waals surface area contributed by atoms with Crippen molar-refractivity contribution in [2.24, 2.45) is 5.41 Å². The molecule has 1 fully saturated rings. The summed E-state index contributed by atoms with van der Waals surface area (Å²) in [7, 11) is 0. The second-order valence-corrected chi connectivity index (χ2v) is 4.22. The van der Waals surface area contributed by atoms with Crippen LogP contribution in [0.5, 0.6) is 5.75 Å². The van der Waals surface area contributed by atoms with Gasteiger partial charge in [-0.3, -0.25) is 4.79 Å². The fourth-order valence-electron chi connectivity index (χ4n) is 1.65. The third-order valence-electron chi connectivity index (χ3n) is 2.84. The highest BCUT2D eigenvalue weighted by Gasteiger charge is 2.46. The third kappa shape index (κ3) is 2.51. The number of nitrogens with zero attached hydrogens (tertiary/aromatic N) is 1. The number of nitriles is 1. The van der Waals surface area contributed by atoms with Gasteiger partial charge in [0.05, 0.1) is 25.9 Å². The Morgan fingerprint density at radius 1 is 1.63 bits per heavy atom. The van der Waals surface area contributed by atoms with Crippen molar-refractivity contribution in [1.29, 1.82) is 5.26 Å². The lowest BCUT2D eigenvalue weighted by Gasteiger charge is -2.33. The van der Waals surface area contributed by atoms with Crippen LogP contribution in [-0.2, 0) is 9.53 Å². The van der Waals surface area contributed by atoms with E-state index < -0.39 is 17.1 Å². The highest BCUT2D eigenvalue weighted by molar-refractivity contribution is 5.98. The van der Waals surface area contributed by atoms with Crippen molar-refractivity contribution >= 4 is 11.6 Å². The lowest BCUT2D eigenvalue weighted by atomic mass is 9.87. The predicted octanol–water partition coefficient (Wildman–Crippen LogP) is 1.70. The molecule has 0 unspecified atom stereocenters. The van der Waals surface area contributed by atoms with Crippen LogP contribution in [-0.4, -0.2) is 25.7 Å². The molecule has 1 amide bonds. The molecule has 0 atom stereocenters. The van der Waals surface area contributed by atoms with Crippen LogP contribution in [0.1, 0.15) is 6.92 Å². The molecule has 1 aromatic carbocycles. The summed E-state index contributed by atoms with van der Waals surface area (Å²) in [6, 6.07) is 6.05. The number of halogens is 1. The van der Waals surface area contributed by atoms with Gasteiger partial charge in [-0.05, 0) is 19.1 Å². The molecule has 1 N–H and O–H groups in total. The third-order valence-corrected chi connectivity index (χ3v) is 2.84. The number of carbonyl (C=O) groups excluding carboxylic acids is 1. The molecule has 19 heavy (non-hydrogen) atoms. The molecule has 1 heterocycles. The fourth-order valence-corrected chi connectivity index (χ4v) is 1.65. The summed E-state index contributed by atoms with van der Waals surface area (Å²) in [5.74, 6) is -0.914. The van der Waals surface area contributed by atoms with Crippen LogP contribution < -0.4 is 10.1 Å². The Morgan fingerprint density at radius 3 is 2.84 bits per heavy atom. The molecule has 0 radical (unpaired) electrons. The minimum atomic E-state index is -1.16. The van der Waals surface area contributed by atoms with Gasteiger partial charge in [0.1, 0.15) is 0 Å². The van der Waals surface area contributed by atoms with Crippen molar-refractivity contribution in [3.8, 4) is 11.8 Å². The van der Waals surface area contributed by atoms with Crippen LogP contribution >= 0.6 is 0 Å². The molecule has 0 saturated carbocycles. The Hall–Kier alpha value is -2.13. The zero-order valence-electron chi connectivity index (χ0n) is 10.4. The topological polar surface area (TPSA) is 71.3 Å². The maximum Gasteiger partial charge on any atom is 0.249 e. The van der Waals surface area contributed by atoms with Gasteiger partial charge in [-0.1, -0.05) is 0 Å². The second kappa shape index (κ2) is 5.24. The maximum atomic E-state index is 13.6. The van der Waals surface area contributed by atoms with Gasteiger partial charge in [0.25, 0.3) is 0 Å². The van der Waals surface area contributed by atoms with Gasteiger partial charge in [0.2, 0.25) is 5.91 Å². The first-order chi connectivity index (χ1) is 9.11. The van der Waals surface area contributed by atoms with E-state index in [9.17, 15) is 9.18 Å². The van der Waals surface area contributed by atoms with Gasteiger partial charge in [-0.2, -0.15) is 5.26 Å². The maximum absolute atomic E-state index is 13.6. The first kappa shape index (κ1) is 13.3. The number of hydrogen-bond donors (Lipinski definition) is 1. The van der Waals surface area contributed by atoms with Crippen LogP contribution in [0, 0.1) is 22.6 Å². The Labute approximate surface area is 109 Å². The number of rotatable bonds is 4. The number of amides is 1. The SMILES string of the molecule is CCOc1ccc(NC(=O)C2(C#N)COC2)cc1F. The zero-order valence-corrected chi connectivity index (χ0v) is 10.4. The average molecular weight is 264 g/mol. The Balaban J connectivity index is 2.10. The van der Waals surface area contributed by atoms with Crippen molar-refractivity contribution in [1.82, 2.24) is 0 Å². The second-order valence-electron chi connectivity index (χ2n) is 4.22. The van der Waals surface area contributed by atoms with Crippen LogP contribution in [0.2, 0.25) is 0 Å². The van der Waals surface area contributed by atoms with Crippen LogP contribution in [0.3, 0.4) is 0 Å². The number of ether oxygens (including phenoxy) is 2. The summed E-state index contributed by atoms with van der Waals surface area (Å²) in [4.78, 5) is 11.9. The van der Waals surface area contributed by atoms with Gasteiger partial charge in [-0.25, -0.2) is 4.39 Å². The molecular formula is C13H13FN2O3. The van der Waals surface area contributed by atoms with E-state index in [4.69, 9.17) is 14.7 Å². The molecule has 1 aromatic rings. The van der Waals surface area contributed by atoms with Crippen LogP contribution in [0.25, 0.3) is 0 Å². The zero-order chi connectivity index (χ0) is 13.9. The van der Waals surface area contributed by atoms with Crippen LogP contribution in [0.4, 0.5) is 10.1 Å². The smallest absolute Gasteiger partial charge is 0.249 e.